The van der Waals surface area contributed by atoms with Gasteiger partial charge >= 0.3 is 6.18 Å². The van der Waals surface area contributed by atoms with Crippen molar-refractivity contribution >= 4 is 5.91 Å². The van der Waals surface area contributed by atoms with Crippen molar-refractivity contribution in [2.75, 3.05) is 6.54 Å². The first-order chi connectivity index (χ1) is 11.3. The lowest BCUT2D eigenvalue weighted by atomic mass is 9.95. The summed E-state index contributed by atoms with van der Waals surface area (Å²) in [5.74, 6) is -0.403. The number of hydrogen-bond donors (Lipinski definition) is 2. The van der Waals surface area contributed by atoms with Crippen LogP contribution in [0.5, 0.6) is 0 Å². The molecule has 1 aromatic heterocycles. The summed E-state index contributed by atoms with van der Waals surface area (Å²) >= 11 is 0. The van der Waals surface area contributed by atoms with E-state index in [9.17, 15) is 23.1 Å². The minimum Gasteiger partial charge on any atom is -0.467 e. The Morgan fingerprint density at radius 2 is 2.04 bits per heavy atom. The summed E-state index contributed by atoms with van der Waals surface area (Å²) in [5.41, 5.74) is -0.299. The van der Waals surface area contributed by atoms with E-state index in [1.54, 1.807) is 25.1 Å². The van der Waals surface area contributed by atoms with Gasteiger partial charge in [0.2, 0.25) is 5.91 Å². The van der Waals surface area contributed by atoms with E-state index in [0.29, 0.717) is 11.3 Å². The molecule has 2 aromatic rings. The summed E-state index contributed by atoms with van der Waals surface area (Å²) in [6.07, 6.45) is -3.94. The molecule has 2 unspecified atom stereocenters. The lowest BCUT2D eigenvalue weighted by Gasteiger charge is -2.15. The highest BCUT2D eigenvalue weighted by atomic mass is 19.4. The molecule has 0 aliphatic heterocycles. The zero-order valence-electron chi connectivity index (χ0n) is 13.0. The molecule has 0 saturated heterocycles. The van der Waals surface area contributed by atoms with Crippen LogP contribution in [0.3, 0.4) is 0 Å². The molecular formula is C17H18F3NO3. The number of nitrogens with one attached hydrogen (secondary N) is 1. The molecule has 4 nitrogen and oxygen atoms in total. The lowest BCUT2D eigenvalue weighted by Crippen LogP contribution is -2.29. The second-order valence-corrected chi connectivity index (χ2v) is 5.56. The van der Waals surface area contributed by atoms with Crippen LogP contribution in [-0.4, -0.2) is 17.6 Å². The van der Waals surface area contributed by atoms with Gasteiger partial charge in [0, 0.05) is 6.42 Å². The van der Waals surface area contributed by atoms with Crippen LogP contribution in [-0.2, 0) is 11.0 Å². The van der Waals surface area contributed by atoms with Gasteiger partial charge in [0.25, 0.3) is 0 Å². The second-order valence-electron chi connectivity index (χ2n) is 5.56. The molecule has 0 fully saturated rings. The van der Waals surface area contributed by atoms with Gasteiger partial charge in [-0.15, -0.1) is 0 Å². The third-order valence-electron chi connectivity index (χ3n) is 3.64. The van der Waals surface area contributed by atoms with Crippen molar-refractivity contribution in [2.45, 2.75) is 31.5 Å². The summed E-state index contributed by atoms with van der Waals surface area (Å²) < 4.78 is 43.2. The Bertz CT molecular complexity index is 668. The molecule has 1 aromatic carbocycles. The molecule has 7 heteroatoms. The van der Waals surface area contributed by atoms with Gasteiger partial charge in [-0.2, -0.15) is 13.2 Å². The highest BCUT2D eigenvalue weighted by Crippen LogP contribution is 2.31. The number of carbonyl (C=O) groups excluding carboxylic acids is 1. The molecule has 0 bridgehead atoms. The average molecular weight is 341 g/mol. The fraction of sp³-hybridized carbons (Fsp3) is 0.353. The predicted octanol–water partition coefficient (Wildman–Crippen LogP) is 3.64. The molecule has 0 saturated carbocycles. The molecule has 24 heavy (non-hydrogen) atoms. The Labute approximate surface area is 137 Å². The smallest absolute Gasteiger partial charge is 0.416 e. The highest BCUT2D eigenvalue weighted by Gasteiger charge is 2.30. The molecule has 0 spiro atoms. The van der Waals surface area contributed by atoms with Crippen LogP contribution in [0.15, 0.2) is 47.1 Å². The van der Waals surface area contributed by atoms with Gasteiger partial charge in [0.05, 0.1) is 18.4 Å². The Morgan fingerprint density at radius 1 is 1.29 bits per heavy atom. The summed E-state index contributed by atoms with van der Waals surface area (Å²) in [4.78, 5) is 11.9. The first-order valence-electron chi connectivity index (χ1n) is 7.42. The van der Waals surface area contributed by atoms with E-state index in [4.69, 9.17) is 4.42 Å². The van der Waals surface area contributed by atoms with Gasteiger partial charge in [-0.25, -0.2) is 0 Å². The summed E-state index contributed by atoms with van der Waals surface area (Å²) in [6, 6.07) is 8.14. The van der Waals surface area contributed by atoms with Crippen LogP contribution in [0.25, 0.3) is 0 Å². The minimum atomic E-state index is -4.41. The van der Waals surface area contributed by atoms with Gasteiger partial charge in [0.1, 0.15) is 11.9 Å². The third kappa shape index (κ3) is 4.86. The van der Waals surface area contributed by atoms with Crippen LogP contribution in [0.2, 0.25) is 0 Å². The summed E-state index contributed by atoms with van der Waals surface area (Å²) in [7, 11) is 0. The maximum atomic E-state index is 12.7. The number of alkyl halides is 3. The van der Waals surface area contributed by atoms with Crippen molar-refractivity contribution in [3.63, 3.8) is 0 Å². The van der Waals surface area contributed by atoms with Crippen LogP contribution < -0.4 is 5.32 Å². The van der Waals surface area contributed by atoms with E-state index in [1.807, 2.05) is 0 Å². The number of aliphatic hydroxyl groups excluding tert-OH is 1. The van der Waals surface area contributed by atoms with Crippen molar-refractivity contribution in [3.8, 4) is 0 Å². The average Bonchev–Trinajstić information content (AvgIpc) is 3.06. The van der Waals surface area contributed by atoms with Crippen LogP contribution >= 0.6 is 0 Å². The van der Waals surface area contributed by atoms with Gasteiger partial charge < -0.3 is 14.8 Å². The number of furan rings is 1. The Kier molecular flexibility index (Phi) is 5.66. The van der Waals surface area contributed by atoms with Crippen molar-refractivity contribution in [3.05, 3.63) is 59.5 Å². The molecule has 0 aliphatic carbocycles. The van der Waals surface area contributed by atoms with Crippen molar-refractivity contribution in [1.82, 2.24) is 5.32 Å². The van der Waals surface area contributed by atoms with E-state index in [2.05, 4.69) is 5.32 Å². The molecular weight excluding hydrogens is 323 g/mol. The molecule has 130 valence electrons. The molecule has 2 rings (SSSR count). The molecule has 1 heterocycles. The van der Waals surface area contributed by atoms with Crippen molar-refractivity contribution in [1.29, 1.82) is 0 Å². The number of benzene rings is 1. The van der Waals surface area contributed by atoms with E-state index in [0.717, 1.165) is 12.1 Å². The van der Waals surface area contributed by atoms with Gasteiger partial charge in [-0.1, -0.05) is 25.1 Å². The van der Waals surface area contributed by atoms with E-state index in [1.165, 1.54) is 12.3 Å². The molecule has 0 radical (unpaired) electrons. The third-order valence-corrected chi connectivity index (χ3v) is 3.64. The first-order valence-corrected chi connectivity index (χ1v) is 7.42. The zero-order chi connectivity index (χ0) is 17.7. The van der Waals surface area contributed by atoms with Crippen molar-refractivity contribution in [2.24, 2.45) is 0 Å². The topological polar surface area (TPSA) is 62.5 Å². The predicted molar refractivity (Wildman–Crippen MR) is 81.2 cm³/mol. The standard InChI is InChI=1S/C17H18F3NO3/c1-11(12-4-2-5-13(9-12)17(18,19)20)8-16(23)21-10-14(22)15-6-3-7-24-15/h2-7,9,11,14,22H,8,10H2,1H3,(H,21,23). The molecule has 2 N–H and O–H groups in total. The summed E-state index contributed by atoms with van der Waals surface area (Å²) in [5, 5.41) is 12.3. The van der Waals surface area contributed by atoms with Gasteiger partial charge in [-0.05, 0) is 29.7 Å². The summed E-state index contributed by atoms with van der Waals surface area (Å²) in [6.45, 7) is 1.65. The van der Waals surface area contributed by atoms with Crippen LogP contribution in [0.4, 0.5) is 13.2 Å². The number of aliphatic hydroxyl groups is 1. The van der Waals surface area contributed by atoms with Crippen LogP contribution in [0.1, 0.15) is 42.3 Å². The van der Waals surface area contributed by atoms with E-state index < -0.39 is 17.8 Å². The molecule has 1 amide bonds. The fourth-order valence-corrected chi connectivity index (χ4v) is 2.28. The monoisotopic (exact) mass is 341 g/mol. The number of hydrogen-bond acceptors (Lipinski definition) is 3. The Hall–Kier alpha value is -2.28. The normalized spacial score (nSPS) is 14.2. The Morgan fingerprint density at radius 3 is 2.67 bits per heavy atom. The van der Waals surface area contributed by atoms with Gasteiger partial charge in [-0.3, -0.25) is 4.79 Å². The maximum Gasteiger partial charge on any atom is 0.416 e. The molecule has 2 atom stereocenters. The quantitative estimate of drug-likeness (QED) is 0.843. The maximum absolute atomic E-state index is 12.7. The van der Waals surface area contributed by atoms with Crippen LogP contribution in [0, 0.1) is 0 Å². The largest absolute Gasteiger partial charge is 0.467 e. The zero-order valence-corrected chi connectivity index (χ0v) is 13.0. The van der Waals surface area contributed by atoms with Crippen molar-refractivity contribution < 1.29 is 27.5 Å². The second kappa shape index (κ2) is 7.53. The first kappa shape index (κ1) is 18.1. The SMILES string of the molecule is CC(CC(=O)NCC(O)c1ccco1)c1cccc(C(F)(F)F)c1. The lowest BCUT2D eigenvalue weighted by molar-refractivity contribution is -0.137. The number of carbonyl (C=O) groups is 1. The highest BCUT2D eigenvalue weighted by molar-refractivity contribution is 5.76. The number of halogens is 3. The van der Waals surface area contributed by atoms with E-state index in [-0.39, 0.29) is 24.8 Å². The number of rotatable bonds is 6. The van der Waals surface area contributed by atoms with Gasteiger partial charge in [0.15, 0.2) is 0 Å². The number of amides is 1. The van der Waals surface area contributed by atoms with E-state index >= 15 is 0 Å². The fourth-order valence-electron chi connectivity index (χ4n) is 2.28. The minimum absolute atomic E-state index is 0.0200. The Balaban J connectivity index is 1.89. The molecule has 0 aliphatic rings.